The van der Waals surface area contributed by atoms with Crippen molar-refractivity contribution in [1.82, 2.24) is 14.8 Å². The Morgan fingerprint density at radius 3 is 2.47 bits per heavy atom. The number of hydrogen-bond donors (Lipinski definition) is 1. The molecule has 0 bridgehead atoms. The Morgan fingerprint density at radius 1 is 1.20 bits per heavy atom. The van der Waals surface area contributed by atoms with Gasteiger partial charge in [0.2, 0.25) is 0 Å². The Morgan fingerprint density at radius 2 is 1.87 bits per heavy atom. The molecule has 0 amide bonds. The number of benzene rings is 1. The van der Waals surface area contributed by atoms with E-state index in [0.29, 0.717) is 10.7 Å². The van der Waals surface area contributed by atoms with Crippen molar-refractivity contribution in [2.24, 2.45) is 0 Å². The molecule has 1 aromatic carbocycles. The number of nitrogens with zero attached hydrogens (tertiary/aromatic N) is 2. The van der Waals surface area contributed by atoms with E-state index in [9.17, 15) is 9.59 Å². The minimum absolute atomic E-state index is 0.523. The van der Waals surface area contributed by atoms with Gasteiger partial charge in [0.25, 0.3) is 5.56 Å². The predicted octanol–water partition coefficient (Wildman–Crippen LogP) is 0.574. The van der Waals surface area contributed by atoms with Crippen molar-refractivity contribution in [3.63, 3.8) is 0 Å². The minimum atomic E-state index is -0.579. The van der Waals surface area contributed by atoms with E-state index in [1.54, 1.807) is 24.3 Å². The Labute approximate surface area is 89.0 Å². The highest BCUT2D eigenvalue weighted by Crippen LogP contribution is 2.10. The predicted molar refractivity (Wildman–Crippen MR) is 55.5 cm³/mol. The summed E-state index contributed by atoms with van der Waals surface area (Å²) in [4.78, 5) is 24.2. The monoisotopic (exact) mass is 223 g/mol. The topological polar surface area (TPSA) is 67.8 Å². The Bertz CT molecular complexity index is 585. The first-order valence-electron chi connectivity index (χ1n) is 4.11. The van der Waals surface area contributed by atoms with Gasteiger partial charge in [-0.15, -0.1) is 0 Å². The summed E-state index contributed by atoms with van der Waals surface area (Å²) in [7, 11) is 0. The molecular weight excluding hydrogens is 218 g/mol. The summed E-state index contributed by atoms with van der Waals surface area (Å²) in [5.74, 6) is 0. The quantitative estimate of drug-likeness (QED) is 0.769. The summed E-state index contributed by atoms with van der Waals surface area (Å²) in [6.45, 7) is 0. The third-order valence-corrected chi connectivity index (χ3v) is 2.04. The van der Waals surface area contributed by atoms with Gasteiger partial charge in [-0.2, -0.15) is 9.78 Å². The van der Waals surface area contributed by atoms with Crippen molar-refractivity contribution in [2.45, 2.75) is 0 Å². The molecule has 2 rings (SSSR count). The average Bonchev–Trinajstić information content (AvgIpc) is 2.20. The largest absolute Gasteiger partial charge is 0.349 e. The fraction of sp³-hybridized carbons (Fsp3) is 0. The summed E-state index contributed by atoms with van der Waals surface area (Å²) in [6.07, 6.45) is 1.04. The van der Waals surface area contributed by atoms with Gasteiger partial charge in [-0.05, 0) is 24.3 Å². The maximum atomic E-state index is 11.3. The van der Waals surface area contributed by atoms with Crippen molar-refractivity contribution in [2.75, 3.05) is 0 Å². The Kier molecular flexibility index (Phi) is 2.39. The Balaban J connectivity index is 2.59. The highest BCUT2D eigenvalue weighted by molar-refractivity contribution is 6.30. The van der Waals surface area contributed by atoms with Gasteiger partial charge in [-0.3, -0.25) is 9.78 Å². The zero-order chi connectivity index (χ0) is 10.8. The minimum Gasteiger partial charge on any atom is -0.271 e. The summed E-state index contributed by atoms with van der Waals surface area (Å²) in [5.41, 5.74) is -0.560. The van der Waals surface area contributed by atoms with Gasteiger partial charge >= 0.3 is 5.69 Å². The van der Waals surface area contributed by atoms with E-state index in [2.05, 4.69) is 10.1 Å². The van der Waals surface area contributed by atoms with Gasteiger partial charge in [0, 0.05) is 5.02 Å². The van der Waals surface area contributed by atoms with Crippen LogP contribution in [-0.2, 0) is 0 Å². The fourth-order valence-electron chi connectivity index (χ4n) is 1.12. The molecule has 1 N–H and O–H groups in total. The number of hydrogen-bond acceptors (Lipinski definition) is 3. The van der Waals surface area contributed by atoms with Crippen molar-refractivity contribution in [3.8, 4) is 5.69 Å². The van der Waals surface area contributed by atoms with Crippen LogP contribution in [0.1, 0.15) is 0 Å². The lowest BCUT2D eigenvalue weighted by molar-refractivity contribution is 0.750. The standard InChI is InChI=1S/C9H6ClN3O2/c10-6-1-3-7(4-2-6)13-9(15)12-8(14)5-11-13/h1-5H,(H,12,14,15). The number of aromatic amines is 1. The van der Waals surface area contributed by atoms with Crippen LogP contribution in [-0.4, -0.2) is 14.8 Å². The van der Waals surface area contributed by atoms with E-state index >= 15 is 0 Å². The first-order valence-corrected chi connectivity index (χ1v) is 4.49. The number of halogens is 1. The van der Waals surface area contributed by atoms with E-state index in [4.69, 9.17) is 11.6 Å². The normalized spacial score (nSPS) is 10.2. The highest BCUT2D eigenvalue weighted by atomic mass is 35.5. The molecule has 0 atom stereocenters. The van der Waals surface area contributed by atoms with Crippen LogP contribution < -0.4 is 11.2 Å². The van der Waals surface area contributed by atoms with Gasteiger partial charge < -0.3 is 0 Å². The van der Waals surface area contributed by atoms with Gasteiger partial charge in [-0.1, -0.05) is 11.6 Å². The van der Waals surface area contributed by atoms with Crippen LogP contribution in [0.5, 0.6) is 0 Å². The van der Waals surface area contributed by atoms with Gasteiger partial charge in [0.15, 0.2) is 0 Å². The third-order valence-electron chi connectivity index (χ3n) is 1.78. The molecule has 0 saturated carbocycles. The van der Waals surface area contributed by atoms with Crippen molar-refractivity contribution < 1.29 is 0 Å². The number of nitrogens with one attached hydrogen (secondary N) is 1. The average molecular weight is 224 g/mol. The van der Waals surface area contributed by atoms with Crippen LogP contribution in [0.2, 0.25) is 5.02 Å². The maximum Gasteiger partial charge on any atom is 0.349 e. The molecule has 1 heterocycles. The smallest absolute Gasteiger partial charge is 0.271 e. The fourth-order valence-corrected chi connectivity index (χ4v) is 1.25. The third kappa shape index (κ3) is 1.97. The number of rotatable bonds is 1. The molecule has 76 valence electrons. The molecule has 6 heteroatoms. The molecule has 1 aromatic heterocycles. The van der Waals surface area contributed by atoms with Crippen LogP contribution in [0.4, 0.5) is 0 Å². The van der Waals surface area contributed by atoms with E-state index in [1.165, 1.54) is 0 Å². The van der Waals surface area contributed by atoms with Gasteiger partial charge in [-0.25, -0.2) is 4.79 Å². The Hall–Kier alpha value is -1.88. The SMILES string of the molecule is O=c1cnn(-c2ccc(Cl)cc2)c(=O)[nH]1. The van der Waals surface area contributed by atoms with Gasteiger partial charge in [0.05, 0.1) is 5.69 Å². The summed E-state index contributed by atoms with van der Waals surface area (Å²) >= 11 is 5.70. The van der Waals surface area contributed by atoms with Gasteiger partial charge in [0.1, 0.15) is 6.20 Å². The van der Waals surface area contributed by atoms with Crippen LogP contribution in [0.3, 0.4) is 0 Å². The molecule has 0 saturated heterocycles. The second-order valence-electron chi connectivity index (χ2n) is 2.83. The van der Waals surface area contributed by atoms with Crippen molar-refractivity contribution in [3.05, 3.63) is 56.3 Å². The van der Waals surface area contributed by atoms with Crippen LogP contribution >= 0.6 is 11.6 Å². The molecule has 0 aliphatic rings. The molecule has 0 aliphatic heterocycles. The maximum absolute atomic E-state index is 11.3. The summed E-state index contributed by atoms with van der Waals surface area (Å²) < 4.78 is 1.08. The zero-order valence-electron chi connectivity index (χ0n) is 7.48. The highest BCUT2D eigenvalue weighted by Gasteiger charge is 2.00. The molecule has 0 unspecified atom stereocenters. The lowest BCUT2D eigenvalue weighted by Crippen LogP contribution is -2.30. The molecule has 0 radical (unpaired) electrons. The molecule has 0 aliphatic carbocycles. The second-order valence-corrected chi connectivity index (χ2v) is 3.26. The van der Waals surface area contributed by atoms with Crippen LogP contribution in [0, 0.1) is 0 Å². The number of aromatic nitrogens is 3. The molecule has 0 spiro atoms. The molecular formula is C9H6ClN3O2. The summed E-state index contributed by atoms with van der Waals surface area (Å²) in [6, 6.07) is 6.54. The molecule has 15 heavy (non-hydrogen) atoms. The summed E-state index contributed by atoms with van der Waals surface area (Å²) in [5, 5.41) is 4.26. The van der Waals surface area contributed by atoms with Crippen LogP contribution in [0.15, 0.2) is 40.1 Å². The van der Waals surface area contributed by atoms with Crippen molar-refractivity contribution >= 4 is 11.6 Å². The lowest BCUT2D eigenvalue weighted by Gasteiger charge is -2.01. The van der Waals surface area contributed by atoms with E-state index in [-0.39, 0.29) is 0 Å². The molecule has 5 nitrogen and oxygen atoms in total. The number of H-pyrrole nitrogens is 1. The van der Waals surface area contributed by atoms with Crippen LogP contribution in [0.25, 0.3) is 5.69 Å². The first kappa shape index (κ1) is 9.67. The van der Waals surface area contributed by atoms with E-state index in [1.807, 2.05) is 0 Å². The molecule has 0 fully saturated rings. The second kappa shape index (κ2) is 3.70. The van der Waals surface area contributed by atoms with Crippen molar-refractivity contribution in [1.29, 1.82) is 0 Å². The first-order chi connectivity index (χ1) is 7.16. The lowest BCUT2D eigenvalue weighted by atomic mass is 10.3. The molecule has 2 aromatic rings. The van der Waals surface area contributed by atoms with E-state index < -0.39 is 11.2 Å². The van der Waals surface area contributed by atoms with E-state index in [0.717, 1.165) is 10.9 Å². The zero-order valence-corrected chi connectivity index (χ0v) is 8.23.